The Morgan fingerprint density at radius 1 is 1.30 bits per heavy atom. The Morgan fingerprint density at radius 2 is 1.90 bits per heavy atom. The first-order valence-corrected chi connectivity index (χ1v) is 7.47. The Labute approximate surface area is 128 Å². The molecule has 0 bridgehead atoms. The Balaban J connectivity index is 0.00000172. The SMILES string of the molecule is CC.CCN(C)C=Nc1cc(C)c(CC(N)=S)cc1C. The molecular weight excluding hydrogens is 266 g/mol. The predicted octanol–water partition coefficient (Wildman–Crippen LogP) is 3.77. The highest BCUT2D eigenvalue weighted by molar-refractivity contribution is 7.80. The van der Waals surface area contributed by atoms with Crippen molar-refractivity contribution in [3.8, 4) is 0 Å². The highest BCUT2D eigenvalue weighted by Gasteiger charge is 2.05. The lowest BCUT2D eigenvalue weighted by molar-refractivity contribution is 0.552. The molecule has 0 radical (unpaired) electrons. The van der Waals surface area contributed by atoms with Gasteiger partial charge in [-0.2, -0.15) is 0 Å². The van der Waals surface area contributed by atoms with Gasteiger partial charge in [-0.1, -0.05) is 32.1 Å². The maximum Gasteiger partial charge on any atom is 0.0909 e. The molecule has 0 spiro atoms. The van der Waals surface area contributed by atoms with E-state index in [1.54, 1.807) is 0 Å². The van der Waals surface area contributed by atoms with E-state index in [2.05, 4.69) is 37.9 Å². The van der Waals surface area contributed by atoms with Gasteiger partial charge in [0.15, 0.2) is 0 Å². The standard InChI is InChI=1S/C14H21N3S.C2H6/c1-5-17(4)9-16-13-7-10(2)12(6-11(13)3)8-14(15)18;1-2/h6-7,9H,5,8H2,1-4H3,(H2,15,18);1-2H3. The zero-order valence-corrected chi connectivity index (χ0v) is 14.3. The van der Waals surface area contributed by atoms with E-state index in [9.17, 15) is 0 Å². The first kappa shape index (κ1) is 18.6. The lowest BCUT2D eigenvalue weighted by atomic mass is 10.0. The van der Waals surface area contributed by atoms with Crippen LogP contribution in [0, 0.1) is 13.8 Å². The van der Waals surface area contributed by atoms with Gasteiger partial charge in [-0.25, -0.2) is 4.99 Å². The van der Waals surface area contributed by atoms with E-state index in [0.29, 0.717) is 11.4 Å². The van der Waals surface area contributed by atoms with Gasteiger partial charge < -0.3 is 10.6 Å². The third-order valence-corrected chi connectivity index (χ3v) is 3.06. The molecule has 4 heteroatoms. The molecule has 2 N–H and O–H groups in total. The van der Waals surface area contributed by atoms with Crippen molar-refractivity contribution in [2.45, 2.75) is 41.0 Å². The fourth-order valence-electron chi connectivity index (χ4n) is 1.62. The maximum atomic E-state index is 5.59. The number of benzene rings is 1. The first-order chi connectivity index (χ1) is 9.43. The monoisotopic (exact) mass is 293 g/mol. The average molecular weight is 293 g/mol. The van der Waals surface area contributed by atoms with Crippen molar-refractivity contribution in [1.29, 1.82) is 0 Å². The van der Waals surface area contributed by atoms with Crippen LogP contribution in [0.2, 0.25) is 0 Å². The topological polar surface area (TPSA) is 41.6 Å². The normalized spacial score (nSPS) is 10.1. The minimum absolute atomic E-state index is 0.527. The second-order valence-corrected chi connectivity index (χ2v) is 5.05. The summed E-state index contributed by atoms with van der Waals surface area (Å²) in [7, 11) is 2.01. The summed E-state index contributed by atoms with van der Waals surface area (Å²) in [4.78, 5) is 7.06. The van der Waals surface area contributed by atoms with Gasteiger partial charge in [0.25, 0.3) is 0 Å². The molecule has 3 nitrogen and oxygen atoms in total. The van der Waals surface area contributed by atoms with Crippen molar-refractivity contribution in [2.75, 3.05) is 13.6 Å². The molecule has 0 amide bonds. The Kier molecular flexibility index (Phi) is 8.81. The minimum atomic E-state index is 0.527. The van der Waals surface area contributed by atoms with Crippen LogP contribution in [0.25, 0.3) is 0 Å². The van der Waals surface area contributed by atoms with Gasteiger partial charge in [-0.15, -0.1) is 0 Å². The number of aryl methyl sites for hydroxylation is 2. The molecule has 0 saturated carbocycles. The van der Waals surface area contributed by atoms with Crippen molar-refractivity contribution in [1.82, 2.24) is 4.90 Å². The highest BCUT2D eigenvalue weighted by atomic mass is 32.1. The van der Waals surface area contributed by atoms with Crippen LogP contribution in [0.4, 0.5) is 5.69 Å². The number of thiocarbonyl (C=S) groups is 1. The lowest BCUT2D eigenvalue weighted by Gasteiger charge is -2.11. The summed E-state index contributed by atoms with van der Waals surface area (Å²) in [6, 6.07) is 4.20. The second-order valence-electron chi connectivity index (χ2n) is 4.53. The largest absolute Gasteiger partial charge is 0.393 e. The quantitative estimate of drug-likeness (QED) is 0.510. The minimum Gasteiger partial charge on any atom is -0.393 e. The number of hydrogen-bond acceptors (Lipinski definition) is 2. The summed E-state index contributed by atoms with van der Waals surface area (Å²) < 4.78 is 0. The van der Waals surface area contributed by atoms with Gasteiger partial charge in [-0.05, 0) is 43.5 Å². The molecule has 1 rings (SSSR count). The number of hydrogen-bond donors (Lipinski definition) is 1. The summed E-state index contributed by atoms with van der Waals surface area (Å²) in [5.41, 5.74) is 10.1. The van der Waals surface area contributed by atoms with Crippen LogP contribution < -0.4 is 5.73 Å². The molecule has 1 aromatic rings. The van der Waals surface area contributed by atoms with Crippen molar-refractivity contribution in [2.24, 2.45) is 10.7 Å². The van der Waals surface area contributed by atoms with Gasteiger partial charge >= 0.3 is 0 Å². The van der Waals surface area contributed by atoms with Crippen molar-refractivity contribution < 1.29 is 0 Å². The third-order valence-electron chi connectivity index (χ3n) is 2.91. The molecule has 0 unspecified atom stereocenters. The number of nitrogens with two attached hydrogens (primary N) is 1. The Hall–Kier alpha value is -1.42. The maximum absolute atomic E-state index is 5.59. The molecule has 112 valence electrons. The van der Waals surface area contributed by atoms with Crippen LogP contribution in [0.15, 0.2) is 17.1 Å². The van der Waals surface area contributed by atoms with E-state index in [1.807, 2.05) is 32.1 Å². The average Bonchev–Trinajstić information content (AvgIpc) is 2.42. The van der Waals surface area contributed by atoms with E-state index >= 15 is 0 Å². The van der Waals surface area contributed by atoms with Crippen LogP contribution in [-0.4, -0.2) is 29.8 Å². The van der Waals surface area contributed by atoms with Gasteiger partial charge in [0.1, 0.15) is 0 Å². The fraction of sp³-hybridized carbons (Fsp3) is 0.500. The molecule has 0 aliphatic rings. The van der Waals surface area contributed by atoms with Crippen LogP contribution in [0.3, 0.4) is 0 Å². The summed E-state index contributed by atoms with van der Waals surface area (Å²) in [5, 5.41) is 0. The van der Waals surface area contributed by atoms with E-state index in [-0.39, 0.29) is 0 Å². The third kappa shape index (κ3) is 6.15. The fourth-order valence-corrected chi connectivity index (χ4v) is 1.78. The highest BCUT2D eigenvalue weighted by Crippen LogP contribution is 2.23. The molecule has 0 aliphatic heterocycles. The van der Waals surface area contributed by atoms with Crippen LogP contribution in [-0.2, 0) is 6.42 Å². The zero-order chi connectivity index (χ0) is 15.7. The van der Waals surface area contributed by atoms with Crippen molar-refractivity contribution in [3.63, 3.8) is 0 Å². The smallest absolute Gasteiger partial charge is 0.0909 e. The predicted molar refractivity (Wildman–Crippen MR) is 94.2 cm³/mol. The van der Waals surface area contributed by atoms with E-state index in [0.717, 1.165) is 17.8 Å². The second kappa shape index (κ2) is 9.48. The Bertz CT molecular complexity index is 467. The van der Waals surface area contributed by atoms with Gasteiger partial charge in [0.05, 0.1) is 17.0 Å². The van der Waals surface area contributed by atoms with Crippen molar-refractivity contribution in [3.05, 3.63) is 28.8 Å². The summed E-state index contributed by atoms with van der Waals surface area (Å²) in [5.74, 6) is 0. The Morgan fingerprint density at radius 3 is 2.40 bits per heavy atom. The van der Waals surface area contributed by atoms with Crippen molar-refractivity contribution >= 4 is 29.2 Å². The number of rotatable bonds is 5. The van der Waals surface area contributed by atoms with Crippen LogP contribution in [0.1, 0.15) is 37.5 Å². The number of aliphatic imine (C=N–C) groups is 1. The van der Waals surface area contributed by atoms with E-state index in [1.165, 1.54) is 11.1 Å². The molecule has 0 heterocycles. The van der Waals surface area contributed by atoms with Crippen LogP contribution >= 0.6 is 12.2 Å². The molecule has 0 fully saturated rings. The van der Waals surface area contributed by atoms with E-state index < -0.39 is 0 Å². The summed E-state index contributed by atoms with van der Waals surface area (Å²) >= 11 is 4.96. The molecule has 0 aliphatic carbocycles. The lowest BCUT2D eigenvalue weighted by Crippen LogP contribution is -2.14. The van der Waals surface area contributed by atoms with E-state index in [4.69, 9.17) is 18.0 Å². The first-order valence-electron chi connectivity index (χ1n) is 7.07. The molecule has 0 atom stereocenters. The van der Waals surface area contributed by atoms with Gasteiger partial charge in [-0.3, -0.25) is 0 Å². The summed E-state index contributed by atoms with van der Waals surface area (Å²) in [6.07, 6.45) is 2.51. The molecule has 0 saturated heterocycles. The zero-order valence-electron chi connectivity index (χ0n) is 13.5. The van der Waals surface area contributed by atoms with Gasteiger partial charge in [0, 0.05) is 20.0 Å². The molecule has 20 heavy (non-hydrogen) atoms. The van der Waals surface area contributed by atoms with Crippen LogP contribution in [0.5, 0.6) is 0 Å². The molecule has 0 aromatic heterocycles. The molecular formula is C16H27N3S. The number of nitrogens with zero attached hydrogens (tertiary/aromatic N) is 2. The van der Waals surface area contributed by atoms with Gasteiger partial charge in [0.2, 0.25) is 0 Å². The summed E-state index contributed by atoms with van der Waals surface area (Å²) in [6.45, 7) is 11.2. The molecule has 1 aromatic carbocycles.